The van der Waals surface area contributed by atoms with Gasteiger partial charge < -0.3 is 101 Å². The number of carbonyl (C=O) groups is 15. The molecule has 0 aliphatic rings. The van der Waals surface area contributed by atoms with Crippen molar-refractivity contribution in [3.05, 3.63) is 29.8 Å². The van der Waals surface area contributed by atoms with Crippen molar-refractivity contribution < 1.29 is 97.5 Å². The number of nitrogens with one attached hydrogen (secondary N) is 12. The molecule has 0 saturated heterocycles. The molecule has 0 aliphatic carbocycles. The lowest BCUT2D eigenvalue weighted by molar-refractivity contribution is -0.140. The molecule has 1 rings (SSSR count). The summed E-state index contributed by atoms with van der Waals surface area (Å²) < 4.78 is 0. The van der Waals surface area contributed by atoms with Gasteiger partial charge >= 0.3 is 11.9 Å². The summed E-state index contributed by atoms with van der Waals surface area (Å²) in [5.74, 6) is -17.5. The maximum absolute atomic E-state index is 14.2. The first kappa shape index (κ1) is 83.0. The van der Waals surface area contributed by atoms with E-state index in [1.54, 1.807) is 41.5 Å². The second-order valence-corrected chi connectivity index (χ2v) is 24.2. The molecule has 13 amide bonds. The SMILES string of the molecule is CC(=O)N[C@H](C(=O)N[C@@H](CC(C)C)C(=O)N[C@@H](CCC(=O)O)C(=O)N[C@@H](CCC(=O)O)C(=O)N[C@H](C(=O)N[C@@H](Cc1ccc(O)cc1)C(=O)NCC(=O)N[C@@H](CO)C(=O)N[C@H](C(=O)N[C@@H](C)C(=O)N[C@@H](CCCCN)C(=O)N[C@H](C(N)=O)C(C)C)C(C)C)C(C)C)[C@@H](C)O. The average molecular weight is 1340 g/mol. The highest BCUT2D eigenvalue weighted by Crippen LogP contribution is 2.15. The molecular formula is C60H98N14O20. The van der Waals surface area contributed by atoms with Gasteiger partial charge in [0.2, 0.25) is 76.8 Å². The third-order valence-corrected chi connectivity index (χ3v) is 14.4. The molecule has 0 aromatic heterocycles. The Kier molecular flexibility index (Phi) is 36.6. The maximum Gasteiger partial charge on any atom is 0.303 e. The number of aromatic hydroxyl groups is 1. The molecule has 94 heavy (non-hydrogen) atoms. The van der Waals surface area contributed by atoms with Crippen LogP contribution in [0.15, 0.2) is 24.3 Å². The van der Waals surface area contributed by atoms with Crippen molar-refractivity contribution in [2.45, 2.75) is 207 Å². The van der Waals surface area contributed by atoms with E-state index < -0.39 is 212 Å². The minimum absolute atomic E-state index is 0.0673. The van der Waals surface area contributed by atoms with Crippen LogP contribution in [-0.4, -0.2) is 207 Å². The molecule has 0 radical (unpaired) electrons. The van der Waals surface area contributed by atoms with E-state index in [1.807, 2.05) is 0 Å². The van der Waals surface area contributed by atoms with E-state index in [0.29, 0.717) is 24.9 Å². The van der Waals surface area contributed by atoms with Gasteiger partial charge in [0, 0.05) is 26.2 Å². The van der Waals surface area contributed by atoms with Crippen LogP contribution in [0.25, 0.3) is 0 Å². The molecule has 34 nitrogen and oxygen atoms in total. The fraction of sp³-hybridized carbons (Fsp3) is 0.650. The summed E-state index contributed by atoms with van der Waals surface area (Å²) in [7, 11) is 0. The lowest BCUT2D eigenvalue weighted by Gasteiger charge is -2.29. The standard InChI is InChI=1S/C60H98N14O20/c1-28(2)24-40(70-60(94)49(33(10)76)65-34(11)77)56(90)69-38(19-21-44(80)81)53(87)68-39(20-22-45(82)83)55(89)73-48(31(7)8)59(93)71-41(25-35-15-17-36(78)18-16-35)52(86)63-26-43(79)66-42(27-75)57(91)74-47(30(5)6)58(92)64-32(9)51(85)67-37(14-12-13-23-61)54(88)72-46(29(3)4)50(62)84/h15-18,28-33,37-42,46-49,75-76,78H,12-14,19-27,61H2,1-11H3,(H2,62,84)(H,63,86)(H,64,92)(H,65,77)(H,66,79)(H,67,85)(H,68,87)(H,69,90)(H,70,94)(H,71,93)(H,72,88)(H,73,89)(H,74,91)(H,80,81)(H,82,83)/t32-,33+,37-,38-,39-,40-,41-,42-,46-,47-,48-,49-/m0/s1. The third kappa shape index (κ3) is 30.6. The molecule has 0 aliphatic heterocycles. The van der Waals surface area contributed by atoms with Crippen LogP contribution < -0.4 is 75.3 Å². The van der Waals surface area contributed by atoms with Gasteiger partial charge in [-0.15, -0.1) is 0 Å². The van der Waals surface area contributed by atoms with E-state index in [1.165, 1.54) is 52.0 Å². The topological polar surface area (TPSA) is 554 Å². The number of nitrogens with two attached hydrogens (primary N) is 2. The molecular weight excluding hydrogens is 1240 g/mol. The van der Waals surface area contributed by atoms with Gasteiger partial charge in [-0.2, -0.15) is 0 Å². The summed E-state index contributed by atoms with van der Waals surface area (Å²) in [6, 6.07) is -10.9. The van der Waals surface area contributed by atoms with Crippen LogP contribution in [0.3, 0.4) is 0 Å². The number of amides is 13. The van der Waals surface area contributed by atoms with Crippen LogP contribution in [-0.2, 0) is 78.3 Å². The number of hydrogen-bond acceptors (Lipinski definition) is 19. The van der Waals surface area contributed by atoms with Crippen LogP contribution >= 0.6 is 0 Å². The molecule has 1 aromatic carbocycles. The number of unbranched alkanes of at least 4 members (excludes halogenated alkanes) is 1. The number of hydrogen-bond donors (Lipinski definition) is 19. The van der Waals surface area contributed by atoms with Gasteiger partial charge in [0.25, 0.3) is 0 Å². The highest BCUT2D eigenvalue weighted by atomic mass is 16.4. The number of primary amides is 1. The molecule has 0 fully saturated rings. The Balaban J connectivity index is 3.41. The monoisotopic (exact) mass is 1330 g/mol. The van der Waals surface area contributed by atoms with Crippen LogP contribution in [0.5, 0.6) is 5.75 Å². The molecule has 0 bridgehead atoms. The highest BCUT2D eigenvalue weighted by molar-refractivity contribution is 5.99. The minimum atomic E-state index is -1.79. The number of carboxylic acid groups (broad SMARTS) is 2. The normalized spacial score (nSPS) is 15.0. The Morgan fingerprint density at radius 1 is 0.457 bits per heavy atom. The predicted octanol–water partition coefficient (Wildman–Crippen LogP) is -4.85. The van der Waals surface area contributed by atoms with Crippen molar-refractivity contribution in [3.8, 4) is 5.75 Å². The lowest BCUT2D eigenvalue weighted by Crippen LogP contribution is -2.61. The Hall–Kier alpha value is -9.05. The number of rotatable bonds is 43. The van der Waals surface area contributed by atoms with Gasteiger partial charge in [0.05, 0.1) is 19.3 Å². The first-order chi connectivity index (χ1) is 43.8. The Bertz CT molecular complexity index is 2780. The van der Waals surface area contributed by atoms with Gasteiger partial charge in [-0.3, -0.25) is 71.9 Å². The summed E-state index contributed by atoms with van der Waals surface area (Å²) in [5, 5.41) is 78.4. The van der Waals surface area contributed by atoms with E-state index in [2.05, 4.69) is 63.8 Å². The first-order valence-corrected chi connectivity index (χ1v) is 30.9. The van der Waals surface area contributed by atoms with Crippen molar-refractivity contribution in [3.63, 3.8) is 0 Å². The van der Waals surface area contributed by atoms with E-state index in [0.717, 1.165) is 6.92 Å². The average Bonchev–Trinajstić information content (AvgIpc) is 0.890. The molecule has 0 saturated carbocycles. The number of phenols is 1. The summed E-state index contributed by atoms with van der Waals surface area (Å²) >= 11 is 0. The van der Waals surface area contributed by atoms with Crippen LogP contribution in [0, 0.1) is 23.7 Å². The molecule has 0 heterocycles. The van der Waals surface area contributed by atoms with Crippen molar-refractivity contribution >= 4 is 88.7 Å². The van der Waals surface area contributed by atoms with E-state index in [4.69, 9.17) is 11.5 Å². The summed E-state index contributed by atoms with van der Waals surface area (Å²) in [5.41, 5.74) is 11.4. The number of carbonyl (C=O) groups excluding carboxylic acids is 13. The Morgan fingerprint density at radius 2 is 0.872 bits per heavy atom. The number of phenolic OH excluding ortho intramolecular Hbond substituents is 1. The number of benzene rings is 1. The lowest BCUT2D eigenvalue weighted by atomic mass is 9.99. The number of aliphatic carboxylic acids is 2. The van der Waals surface area contributed by atoms with Crippen LogP contribution in [0.1, 0.15) is 133 Å². The van der Waals surface area contributed by atoms with Gasteiger partial charge in [-0.1, -0.05) is 67.5 Å². The zero-order valence-corrected chi connectivity index (χ0v) is 55.0. The smallest absolute Gasteiger partial charge is 0.303 e. The molecule has 12 atom stereocenters. The molecule has 21 N–H and O–H groups in total. The first-order valence-electron chi connectivity index (χ1n) is 30.9. The van der Waals surface area contributed by atoms with E-state index in [-0.39, 0.29) is 36.8 Å². The fourth-order valence-electron chi connectivity index (χ4n) is 9.10. The second kappa shape index (κ2) is 41.5. The van der Waals surface area contributed by atoms with E-state index >= 15 is 0 Å². The largest absolute Gasteiger partial charge is 0.508 e. The van der Waals surface area contributed by atoms with Gasteiger partial charge in [-0.25, -0.2) is 0 Å². The van der Waals surface area contributed by atoms with Crippen molar-refractivity contribution in [2.24, 2.45) is 35.1 Å². The highest BCUT2D eigenvalue weighted by Gasteiger charge is 2.37. The maximum atomic E-state index is 14.2. The summed E-state index contributed by atoms with van der Waals surface area (Å²) in [6.07, 6.45) is -3.48. The van der Waals surface area contributed by atoms with E-state index in [9.17, 15) is 97.5 Å². The fourth-order valence-corrected chi connectivity index (χ4v) is 9.10. The van der Waals surface area contributed by atoms with Crippen LogP contribution in [0.2, 0.25) is 0 Å². The third-order valence-electron chi connectivity index (χ3n) is 14.4. The zero-order valence-electron chi connectivity index (χ0n) is 55.0. The second-order valence-electron chi connectivity index (χ2n) is 24.2. The predicted molar refractivity (Wildman–Crippen MR) is 336 cm³/mol. The molecule has 528 valence electrons. The minimum Gasteiger partial charge on any atom is -0.508 e. The molecule has 34 heteroatoms. The number of carboxylic acids is 2. The molecule has 0 spiro atoms. The van der Waals surface area contributed by atoms with Gasteiger partial charge in [0.15, 0.2) is 0 Å². The summed E-state index contributed by atoms with van der Waals surface area (Å²) in [4.78, 5) is 198. The Morgan fingerprint density at radius 3 is 1.31 bits per heavy atom. The van der Waals surface area contributed by atoms with Crippen LogP contribution in [0.4, 0.5) is 0 Å². The molecule has 0 unspecified atom stereocenters. The number of aliphatic hydroxyl groups is 2. The molecule has 1 aromatic rings. The van der Waals surface area contributed by atoms with Gasteiger partial charge in [-0.05, 0) is 100 Å². The summed E-state index contributed by atoms with van der Waals surface area (Å²) in [6.45, 7) is 14.7. The van der Waals surface area contributed by atoms with Gasteiger partial charge in [0.1, 0.15) is 72.2 Å². The zero-order chi connectivity index (χ0) is 71.9. The quantitative estimate of drug-likeness (QED) is 0.0273. The number of aliphatic hydroxyl groups excluding tert-OH is 2. The van der Waals surface area contributed by atoms with Crippen molar-refractivity contribution in [2.75, 3.05) is 19.7 Å². The van der Waals surface area contributed by atoms with Crippen molar-refractivity contribution in [1.29, 1.82) is 0 Å². The van der Waals surface area contributed by atoms with Crippen molar-refractivity contribution in [1.82, 2.24) is 63.8 Å². The Labute approximate surface area is 545 Å².